The van der Waals surface area contributed by atoms with Crippen LogP contribution in [0.25, 0.3) is 11.1 Å². The minimum absolute atomic E-state index is 0.0167. The highest BCUT2D eigenvalue weighted by atomic mass is 16.5. The Balaban J connectivity index is 1.73. The Morgan fingerprint density at radius 1 is 1.15 bits per heavy atom. The monoisotopic (exact) mass is 366 g/mol. The van der Waals surface area contributed by atoms with Crippen LogP contribution in [0.2, 0.25) is 0 Å². The van der Waals surface area contributed by atoms with Crippen LogP contribution in [0, 0.1) is 6.92 Å². The third-order valence-electron chi connectivity index (χ3n) is 4.99. The number of likely N-dealkylation sites (tertiary alicyclic amines) is 1. The van der Waals surface area contributed by atoms with Crippen molar-refractivity contribution in [2.75, 3.05) is 20.2 Å². The molecule has 0 saturated carbocycles. The SMILES string of the molecule is COc1ccc(-c2ccc(C(=O)N3CCCC(NC(C)=O)C3)cc2)c(C)c1. The lowest BCUT2D eigenvalue weighted by atomic mass is 9.98. The molecule has 5 nitrogen and oxygen atoms in total. The third kappa shape index (κ3) is 4.48. The number of carbonyl (C=O) groups is 2. The summed E-state index contributed by atoms with van der Waals surface area (Å²) in [5.41, 5.74) is 4.00. The number of nitrogens with one attached hydrogen (secondary N) is 1. The first-order valence-electron chi connectivity index (χ1n) is 9.29. The molecule has 1 aliphatic heterocycles. The zero-order chi connectivity index (χ0) is 19.4. The van der Waals surface area contributed by atoms with Gasteiger partial charge in [-0.25, -0.2) is 0 Å². The Kier molecular flexibility index (Phi) is 5.79. The predicted molar refractivity (Wildman–Crippen MR) is 106 cm³/mol. The number of benzene rings is 2. The van der Waals surface area contributed by atoms with Gasteiger partial charge >= 0.3 is 0 Å². The molecule has 1 saturated heterocycles. The molecule has 0 radical (unpaired) electrons. The summed E-state index contributed by atoms with van der Waals surface area (Å²) in [7, 11) is 1.66. The number of piperidine rings is 1. The number of ether oxygens (including phenoxy) is 1. The minimum Gasteiger partial charge on any atom is -0.497 e. The van der Waals surface area contributed by atoms with E-state index < -0.39 is 0 Å². The number of carbonyl (C=O) groups excluding carboxylic acids is 2. The third-order valence-corrected chi connectivity index (χ3v) is 4.99. The van der Waals surface area contributed by atoms with Crippen molar-refractivity contribution in [3.05, 3.63) is 53.6 Å². The Labute approximate surface area is 160 Å². The topological polar surface area (TPSA) is 58.6 Å². The van der Waals surface area contributed by atoms with Gasteiger partial charge in [0.2, 0.25) is 5.91 Å². The molecule has 2 amide bonds. The quantitative estimate of drug-likeness (QED) is 0.902. The van der Waals surface area contributed by atoms with Crippen molar-refractivity contribution < 1.29 is 14.3 Å². The van der Waals surface area contributed by atoms with Crippen molar-refractivity contribution in [2.45, 2.75) is 32.7 Å². The van der Waals surface area contributed by atoms with E-state index in [0.29, 0.717) is 12.1 Å². The van der Waals surface area contributed by atoms with Gasteiger partial charge in [-0.3, -0.25) is 9.59 Å². The summed E-state index contributed by atoms with van der Waals surface area (Å²) in [5.74, 6) is 0.804. The largest absolute Gasteiger partial charge is 0.497 e. The van der Waals surface area contributed by atoms with Gasteiger partial charge in [0, 0.05) is 31.6 Å². The summed E-state index contributed by atoms with van der Waals surface area (Å²) < 4.78 is 5.26. The van der Waals surface area contributed by atoms with Crippen LogP contribution in [0.3, 0.4) is 0 Å². The van der Waals surface area contributed by atoms with E-state index in [1.807, 2.05) is 54.3 Å². The molecule has 5 heteroatoms. The van der Waals surface area contributed by atoms with Gasteiger partial charge in [0.25, 0.3) is 5.91 Å². The average molecular weight is 366 g/mol. The van der Waals surface area contributed by atoms with Gasteiger partial charge in [0.15, 0.2) is 0 Å². The molecule has 0 aromatic heterocycles. The first-order valence-corrected chi connectivity index (χ1v) is 9.29. The number of rotatable bonds is 4. The van der Waals surface area contributed by atoms with E-state index in [1.165, 1.54) is 6.92 Å². The maximum atomic E-state index is 12.8. The first-order chi connectivity index (χ1) is 13.0. The summed E-state index contributed by atoms with van der Waals surface area (Å²) in [5, 5.41) is 2.92. The van der Waals surface area contributed by atoms with Gasteiger partial charge in [0.05, 0.1) is 7.11 Å². The Morgan fingerprint density at radius 3 is 2.52 bits per heavy atom. The van der Waals surface area contributed by atoms with Gasteiger partial charge in [-0.2, -0.15) is 0 Å². The highest BCUT2D eigenvalue weighted by Gasteiger charge is 2.24. The van der Waals surface area contributed by atoms with E-state index >= 15 is 0 Å². The van der Waals surface area contributed by atoms with E-state index in [2.05, 4.69) is 5.32 Å². The zero-order valence-electron chi connectivity index (χ0n) is 16.1. The second kappa shape index (κ2) is 8.25. The number of aryl methyl sites for hydroxylation is 1. The smallest absolute Gasteiger partial charge is 0.253 e. The highest BCUT2D eigenvalue weighted by Crippen LogP contribution is 2.27. The first kappa shape index (κ1) is 19.0. The Morgan fingerprint density at radius 2 is 1.89 bits per heavy atom. The van der Waals surface area contributed by atoms with Crippen LogP contribution < -0.4 is 10.1 Å². The van der Waals surface area contributed by atoms with Crippen molar-refractivity contribution in [3.8, 4) is 16.9 Å². The maximum absolute atomic E-state index is 12.8. The van der Waals surface area contributed by atoms with E-state index in [4.69, 9.17) is 4.74 Å². The van der Waals surface area contributed by atoms with E-state index in [1.54, 1.807) is 7.11 Å². The molecule has 1 unspecified atom stereocenters. The molecular weight excluding hydrogens is 340 g/mol. The molecule has 1 aliphatic rings. The Bertz CT molecular complexity index is 830. The summed E-state index contributed by atoms with van der Waals surface area (Å²) >= 11 is 0. The van der Waals surface area contributed by atoms with Gasteiger partial charge in [-0.15, -0.1) is 0 Å². The number of amides is 2. The van der Waals surface area contributed by atoms with Crippen molar-refractivity contribution >= 4 is 11.8 Å². The van der Waals surface area contributed by atoms with Crippen molar-refractivity contribution in [2.24, 2.45) is 0 Å². The van der Waals surface area contributed by atoms with Crippen LogP contribution in [0.4, 0.5) is 0 Å². The lowest BCUT2D eigenvalue weighted by Crippen LogP contribution is -2.49. The molecule has 1 fully saturated rings. The van der Waals surface area contributed by atoms with Crippen LogP contribution in [0.5, 0.6) is 5.75 Å². The summed E-state index contributed by atoms with van der Waals surface area (Å²) in [4.78, 5) is 25.9. The van der Waals surface area contributed by atoms with E-state index in [9.17, 15) is 9.59 Å². The van der Waals surface area contributed by atoms with Crippen molar-refractivity contribution in [1.82, 2.24) is 10.2 Å². The van der Waals surface area contributed by atoms with Crippen molar-refractivity contribution in [1.29, 1.82) is 0 Å². The van der Waals surface area contributed by atoms with Crippen molar-refractivity contribution in [3.63, 3.8) is 0 Å². The van der Waals surface area contributed by atoms with Gasteiger partial charge in [-0.1, -0.05) is 18.2 Å². The van der Waals surface area contributed by atoms with Crippen LogP contribution in [-0.2, 0) is 4.79 Å². The molecule has 0 bridgehead atoms. The Hall–Kier alpha value is -2.82. The molecule has 1 heterocycles. The standard InChI is InChI=1S/C22H26N2O3/c1-15-13-20(27-3)10-11-21(15)17-6-8-18(9-7-17)22(26)24-12-4-5-19(14-24)23-16(2)25/h6-11,13,19H,4-5,12,14H2,1-3H3,(H,23,25). The molecular formula is C22H26N2O3. The maximum Gasteiger partial charge on any atom is 0.253 e. The molecule has 2 aromatic carbocycles. The summed E-state index contributed by atoms with van der Waals surface area (Å²) in [6, 6.07) is 13.7. The molecule has 0 aliphatic carbocycles. The summed E-state index contributed by atoms with van der Waals surface area (Å²) in [6.45, 7) is 4.86. The fourth-order valence-electron chi connectivity index (χ4n) is 3.63. The average Bonchev–Trinajstić information content (AvgIpc) is 2.67. The molecule has 2 aromatic rings. The molecule has 1 N–H and O–H groups in total. The van der Waals surface area contributed by atoms with E-state index in [0.717, 1.165) is 41.8 Å². The second-order valence-corrected chi connectivity index (χ2v) is 7.05. The number of nitrogens with zero attached hydrogens (tertiary/aromatic N) is 1. The van der Waals surface area contributed by atoms with Crippen LogP contribution in [0.1, 0.15) is 35.7 Å². The van der Waals surface area contributed by atoms with E-state index in [-0.39, 0.29) is 17.9 Å². The molecule has 0 spiro atoms. The van der Waals surface area contributed by atoms with Gasteiger partial charge in [-0.05, 0) is 60.7 Å². The fourth-order valence-corrected chi connectivity index (χ4v) is 3.63. The second-order valence-electron chi connectivity index (χ2n) is 7.05. The van der Waals surface area contributed by atoms with Gasteiger partial charge in [0.1, 0.15) is 5.75 Å². The highest BCUT2D eigenvalue weighted by molar-refractivity contribution is 5.95. The molecule has 1 atom stereocenters. The lowest BCUT2D eigenvalue weighted by Gasteiger charge is -2.33. The van der Waals surface area contributed by atoms with Gasteiger partial charge < -0.3 is 15.0 Å². The summed E-state index contributed by atoms with van der Waals surface area (Å²) in [6.07, 6.45) is 1.82. The van der Waals surface area contributed by atoms with Crippen LogP contribution in [0.15, 0.2) is 42.5 Å². The van der Waals surface area contributed by atoms with Crippen LogP contribution >= 0.6 is 0 Å². The lowest BCUT2D eigenvalue weighted by molar-refractivity contribution is -0.120. The normalized spacial score (nSPS) is 16.7. The number of methoxy groups -OCH3 is 1. The molecule has 27 heavy (non-hydrogen) atoms. The molecule has 142 valence electrons. The number of hydrogen-bond acceptors (Lipinski definition) is 3. The zero-order valence-corrected chi connectivity index (χ0v) is 16.1. The fraction of sp³-hybridized carbons (Fsp3) is 0.364. The number of hydrogen-bond donors (Lipinski definition) is 1. The minimum atomic E-state index is -0.0477. The molecule has 3 rings (SSSR count). The van der Waals surface area contributed by atoms with Crippen LogP contribution in [-0.4, -0.2) is 43.0 Å². The predicted octanol–water partition coefficient (Wildman–Crippen LogP) is 3.41.